The average Bonchev–Trinajstić information content (AvgIpc) is 2.27. The first-order valence-electron chi connectivity index (χ1n) is 5.53. The molecule has 2 heterocycles. The topological polar surface area (TPSA) is 49.2 Å². The number of aliphatic hydroxyl groups excluding tert-OH is 1. The molecular formula is C11H16ClN3O. The third-order valence-electron chi connectivity index (χ3n) is 3.02. The molecule has 0 spiro atoms. The minimum absolute atomic E-state index is 0.160. The number of aromatic nitrogens is 2. The molecule has 1 aliphatic rings. The number of likely N-dealkylation sites (tertiary alicyclic amines) is 1. The molecule has 0 saturated carbocycles. The number of piperidine rings is 1. The monoisotopic (exact) mass is 241 g/mol. The Morgan fingerprint density at radius 2 is 2.31 bits per heavy atom. The summed E-state index contributed by atoms with van der Waals surface area (Å²) >= 11 is 5.68. The van der Waals surface area contributed by atoms with E-state index in [0.29, 0.717) is 11.1 Å². The van der Waals surface area contributed by atoms with Crippen LogP contribution < -0.4 is 0 Å². The van der Waals surface area contributed by atoms with Gasteiger partial charge in [-0.05, 0) is 24.5 Å². The second-order valence-corrected chi connectivity index (χ2v) is 4.80. The van der Waals surface area contributed by atoms with Crippen LogP contribution in [0.1, 0.15) is 19.0 Å². The van der Waals surface area contributed by atoms with Crippen molar-refractivity contribution in [3.63, 3.8) is 0 Å². The first-order valence-corrected chi connectivity index (χ1v) is 5.91. The highest BCUT2D eigenvalue weighted by atomic mass is 35.5. The van der Waals surface area contributed by atoms with Crippen molar-refractivity contribution >= 4 is 11.6 Å². The number of hydrogen-bond acceptors (Lipinski definition) is 4. The van der Waals surface area contributed by atoms with Gasteiger partial charge < -0.3 is 5.11 Å². The van der Waals surface area contributed by atoms with E-state index in [9.17, 15) is 5.11 Å². The molecule has 0 radical (unpaired) electrons. The van der Waals surface area contributed by atoms with Crippen LogP contribution in [0.2, 0.25) is 5.15 Å². The molecule has 0 aliphatic carbocycles. The summed E-state index contributed by atoms with van der Waals surface area (Å²) in [7, 11) is 0. The molecule has 88 valence electrons. The van der Waals surface area contributed by atoms with Gasteiger partial charge in [-0.25, -0.2) is 0 Å². The van der Waals surface area contributed by atoms with Crippen LogP contribution in [0.25, 0.3) is 0 Å². The number of halogens is 1. The lowest BCUT2D eigenvalue weighted by Gasteiger charge is -2.33. The largest absolute Gasteiger partial charge is 0.393 e. The number of aliphatic hydroxyl groups is 1. The highest BCUT2D eigenvalue weighted by Crippen LogP contribution is 2.18. The van der Waals surface area contributed by atoms with Crippen molar-refractivity contribution in [3.05, 3.63) is 23.0 Å². The Bertz CT molecular complexity index is 344. The highest BCUT2D eigenvalue weighted by molar-refractivity contribution is 6.29. The van der Waals surface area contributed by atoms with Crippen LogP contribution in [-0.4, -0.2) is 39.4 Å². The van der Waals surface area contributed by atoms with E-state index in [-0.39, 0.29) is 6.10 Å². The predicted octanol–water partition coefficient (Wildman–Crippen LogP) is 1.33. The van der Waals surface area contributed by atoms with Crippen molar-refractivity contribution in [1.82, 2.24) is 15.1 Å². The van der Waals surface area contributed by atoms with Gasteiger partial charge in [-0.1, -0.05) is 18.5 Å². The molecule has 1 saturated heterocycles. The van der Waals surface area contributed by atoms with Gasteiger partial charge in [-0.15, -0.1) is 5.10 Å². The van der Waals surface area contributed by atoms with Gasteiger partial charge in [0.15, 0.2) is 5.15 Å². The van der Waals surface area contributed by atoms with Gasteiger partial charge >= 0.3 is 0 Å². The maximum absolute atomic E-state index is 9.63. The molecule has 1 aromatic rings. The predicted molar refractivity (Wildman–Crippen MR) is 62.1 cm³/mol. The molecule has 1 N–H and O–H groups in total. The fourth-order valence-electron chi connectivity index (χ4n) is 2.02. The molecule has 0 amide bonds. The van der Waals surface area contributed by atoms with E-state index in [1.54, 1.807) is 6.07 Å². The van der Waals surface area contributed by atoms with Gasteiger partial charge in [0, 0.05) is 19.6 Å². The van der Waals surface area contributed by atoms with Gasteiger partial charge in [0.2, 0.25) is 0 Å². The fourth-order valence-corrected chi connectivity index (χ4v) is 2.12. The van der Waals surface area contributed by atoms with E-state index in [2.05, 4.69) is 22.0 Å². The van der Waals surface area contributed by atoms with Gasteiger partial charge in [-0.3, -0.25) is 4.90 Å². The molecule has 5 heteroatoms. The van der Waals surface area contributed by atoms with Crippen molar-refractivity contribution in [2.24, 2.45) is 5.92 Å². The van der Waals surface area contributed by atoms with Crippen LogP contribution in [0.15, 0.2) is 12.1 Å². The van der Waals surface area contributed by atoms with Gasteiger partial charge in [0.05, 0.1) is 11.8 Å². The lowest BCUT2D eigenvalue weighted by molar-refractivity contribution is 0.0315. The van der Waals surface area contributed by atoms with Crippen molar-refractivity contribution in [2.75, 3.05) is 13.1 Å². The summed E-state index contributed by atoms with van der Waals surface area (Å²) in [5.74, 6) is 0.328. The smallest absolute Gasteiger partial charge is 0.151 e. The Morgan fingerprint density at radius 1 is 1.50 bits per heavy atom. The normalized spacial score (nSPS) is 26.9. The first kappa shape index (κ1) is 11.8. The minimum atomic E-state index is -0.160. The number of nitrogens with zero attached hydrogens (tertiary/aromatic N) is 3. The zero-order valence-corrected chi connectivity index (χ0v) is 10.1. The van der Waals surface area contributed by atoms with Crippen LogP contribution >= 0.6 is 11.6 Å². The molecule has 0 aromatic carbocycles. The van der Waals surface area contributed by atoms with E-state index in [0.717, 1.165) is 31.7 Å². The summed E-state index contributed by atoms with van der Waals surface area (Å²) in [5.41, 5.74) is 0.924. The third-order valence-corrected chi connectivity index (χ3v) is 3.22. The summed E-state index contributed by atoms with van der Waals surface area (Å²) < 4.78 is 0. The molecule has 1 aromatic heterocycles. The van der Waals surface area contributed by atoms with Crippen LogP contribution in [0.3, 0.4) is 0 Å². The van der Waals surface area contributed by atoms with Gasteiger partial charge in [-0.2, -0.15) is 5.10 Å². The fraction of sp³-hybridized carbons (Fsp3) is 0.636. The van der Waals surface area contributed by atoms with Gasteiger partial charge in [0.25, 0.3) is 0 Å². The van der Waals surface area contributed by atoms with Crippen LogP contribution in [-0.2, 0) is 6.54 Å². The van der Waals surface area contributed by atoms with E-state index in [1.165, 1.54) is 0 Å². The molecule has 2 unspecified atom stereocenters. The zero-order chi connectivity index (χ0) is 11.5. The molecule has 0 bridgehead atoms. The first-order chi connectivity index (χ1) is 7.65. The molecule has 16 heavy (non-hydrogen) atoms. The molecular weight excluding hydrogens is 226 g/mol. The second-order valence-electron chi connectivity index (χ2n) is 4.42. The lowest BCUT2D eigenvalue weighted by atomic mass is 9.97. The molecule has 1 aliphatic heterocycles. The SMILES string of the molecule is CC1CN(Cc2ccc(Cl)nn2)CCC1O. The van der Waals surface area contributed by atoms with Crippen LogP contribution in [0.5, 0.6) is 0 Å². The van der Waals surface area contributed by atoms with Gasteiger partial charge in [0.1, 0.15) is 0 Å². The van der Waals surface area contributed by atoms with Crippen molar-refractivity contribution in [1.29, 1.82) is 0 Å². The third kappa shape index (κ3) is 2.90. The van der Waals surface area contributed by atoms with Crippen molar-refractivity contribution in [3.8, 4) is 0 Å². The van der Waals surface area contributed by atoms with E-state index >= 15 is 0 Å². The Morgan fingerprint density at radius 3 is 2.94 bits per heavy atom. The van der Waals surface area contributed by atoms with Crippen LogP contribution in [0.4, 0.5) is 0 Å². The second kappa shape index (κ2) is 5.08. The summed E-state index contributed by atoms with van der Waals surface area (Å²) in [6, 6.07) is 3.65. The highest BCUT2D eigenvalue weighted by Gasteiger charge is 2.24. The molecule has 1 fully saturated rings. The molecule has 2 rings (SSSR count). The molecule has 2 atom stereocenters. The van der Waals surface area contributed by atoms with Crippen molar-refractivity contribution in [2.45, 2.75) is 26.0 Å². The standard InChI is InChI=1S/C11H16ClN3O/c1-8-6-15(5-4-10(8)16)7-9-2-3-11(12)14-13-9/h2-3,8,10,16H,4-7H2,1H3. The zero-order valence-electron chi connectivity index (χ0n) is 9.30. The Hall–Kier alpha value is -0.710. The summed E-state index contributed by atoms with van der Waals surface area (Å²) in [5, 5.41) is 17.9. The summed E-state index contributed by atoms with van der Waals surface area (Å²) in [6.07, 6.45) is 0.676. The van der Waals surface area contributed by atoms with E-state index < -0.39 is 0 Å². The average molecular weight is 242 g/mol. The number of rotatable bonds is 2. The lowest BCUT2D eigenvalue weighted by Crippen LogP contribution is -2.41. The van der Waals surface area contributed by atoms with Crippen molar-refractivity contribution < 1.29 is 5.11 Å². The van der Waals surface area contributed by atoms with E-state index in [1.807, 2.05) is 6.07 Å². The maximum atomic E-state index is 9.63. The number of hydrogen-bond donors (Lipinski definition) is 1. The quantitative estimate of drug-likeness (QED) is 0.849. The Balaban J connectivity index is 1.93. The minimum Gasteiger partial charge on any atom is -0.393 e. The molecule has 4 nitrogen and oxygen atoms in total. The summed E-state index contributed by atoms with van der Waals surface area (Å²) in [6.45, 7) is 4.67. The Labute approximate surface area is 100 Å². The van der Waals surface area contributed by atoms with Crippen LogP contribution in [0, 0.1) is 5.92 Å². The Kier molecular flexibility index (Phi) is 3.74. The maximum Gasteiger partial charge on any atom is 0.151 e. The van der Waals surface area contributed by atoms with E-state index in [4.69, 9.17) is 11.6 Å². The summed E-state index contributed by atoms with van der Waals surface area (Å²) in [4.78, 5) is 2.29.